The molecule has 11 nitrogen and oxygen atoms in total. The van der Waals surface area contributed by atoms with Crippen molar-refractivity contribution >= 4 is 29.7 Å². The summed E-state index contributed by atoms with van der Waals surface area (Å²) in [6.45, 7) is 17.1. The first-order chi connectivity index (χ1) is 22.4. The highest BCUT2D eigenvalue weighted by Crippen LogP contribution is 2.47. The molecule has 0 fully saturated rings. The normalized spacial score (nSPS) is 11.2. The lowest BCUT2D eigenvalue weighted by Gasteiger charge is -2.24. The van der Waals surface area contributed by atoms with Crippen LogP contribution < -0.4 is 24.6 Å². The zero-order valence-electron chi connectivity index (χ0n) is 29.8. The number of hydrogen-bond acceptors (Lipinski definition) is 11. The highest BCUT2D eigenvalue weighted by Gasteiger charge is 2.35. The van der Waals surface area contributed by atoms with Crippen molar-refractivity contribution in [2.24, 2.45) is 5.92 Å². The van der Waals surface area contributed by atoms with E-state index < -0.39 is 47.6 Å². The molecular formula is C37H46O11. The number of ketones is 1. The molecule has 0 aliphatic carbocycles. The van der Waals surface area contributed by atoms with Gasteiger partial charge in [0.05, 0.1) is 5.56 Å². The van der Waals surface area contributed by atoms with Crippen molar-refractivity contribution in [1.82, 2.24) is 0 Å². The summed E-state index contributed by atoms with van der Waals surface area (Å²) in [5.74, 6) is -4.92. The lowest BCUT2D eigenvalue weighted by molar-refractivity contribution is -0.133. The first-order valence-electron chi connectivity index (χ1n) is 15.8. The Morgan fingerprint density at radius 3 is 1.69 bits per heavy atom. The molecule has 0 aliphatic rings. The molecule has 0 bridgehead atoms. The van der Waals surface area contributed by atoms with Crippen molar-refractivity contribution < 1.29 is 47.3 Å². The summed E-state index contributed by atoms with van der Waals surface area (Å²) in [6.07, 6.45) is 5.30. The average molecular weight is 667 g/mol. The number of esters is 4. The molecule has 48 heavy (non-hydrogen) atoms. The second-order valence-electron chi connectivity index (χ2n) is 12.1. The van der Waals surface area contributed by atoms with Gasteiger partial charge in [-0.1, -0.05) is 44.1 Å². The Morgan fingerprint density at radius 1 is 0.708 bits per heavy atom. The maximum Gasteiger partial charge on any atom is 0.343 e. The maximum absolute atomic E-state index is 13.9. The summed E-state index contributed by atoms with van der Waals surface area (Å²) in [4.78, 5) is 77.4. The van der Waals surface area contributed by atoms with Crippen LogP contribution in [0.5, 0.6) is 23.0 Å². The smallest absolute Gasteiger partial charge is 0.343 e. The van der Waals surface area contributed by atoms with E-state index in [4.69, 9.17) is 23.4 Å². The Kier molecular flexibility index (Phi) is 14.3. The highest BCUT2D eigenvalue weighted by atomic mass is 16.6. The minimum Gasteiger partial charge on any atom is -0.427 e. The Bertz CT molecular complexity index is 1710. The van der Waals surface area contributed by atoms with Crippen LogP contribution in [0.15, 0.2) is 32.5 Å². The molecule has 11 heteroatoms. The summed E-state index contributed by atoms with van der Waals surface area (Å²) >= 11 is 0. The van der Waals surface area contributed by atoms with Gasteiger partial charge in [0.25, 0.3) is 0 Å². The molecule has 0 saturated carbocycles. The molecule has 0 radical (unpaired) electrons. The van der Waals surface area contributed by atoms with E-state index in [2.05, 4.69) is 6.08 Å². The Labute approximate surface area is 281 Å². The predicted octanol–water partition coefficient (Wildman–Crippen LogP) is 6.88. The van der Waals surface area contributed by atoms with Gasteiger partial charge in [0.2, 0.25) is 0 Å². The number of hydrogen-bond donors (Lipinski definition) is 0. The summed E-state index contributed by atoms with van der Waals surface area (Å²) in [5, 5.41) is 0. The number of benzene rings is 1. The zero-order valence-corrected chi connectivity index (χ0v) is 29.8. The number of aryl methyl sites for hydroxylation is 1. The number of ether oxygens (including phenoxy) is 4. The van der Waals surface area contributed by atoms with Gasteiger partial charge in [0.15, 0.2) is 17.3 Å². The first-order valence-corrected chi connectivity index (χ1v) is 15.8. The monoisotopic (exact) mass is 666 g/mol. The van der Waals surface area contributed by atoms with Crippen molar-refractivity contribution in [3.8, 4) is 23.0 Å². The predicted molar refractivity (Wildman–Crippen MR) is 179 cm³/mol. The fraction of sp³-hybridized carbons (Fsp3) is 0.459. The Balaban J connectivity index is 3.23. The number of rotatable bonds is 14. The third-order valence-electron chi connectivity index (χ3n) is 7.22. The number of Topliss-reactive ketones (excluding diaryl/α,β-unsaturated/α-hetero) is 1. The van der Waals surface area contributed by atoms with Crippen LogP contribution in [0.25, 0.3) is 0 Å². The number of allylic oxidation sites excluding steroid dienone is 4. The Morgan fingerprint density at radius 2 is 1.21 bits per heavy atom. The van der Waals surface area contributed by atoms with Crippen LogP contribution in [0.1, 0.15) is 120 Å². The molecule has 0 aliphatic heterocycles. The third-order valence-corrected chi connectivity index (χ3v) is 7.22. The van der Waals surface area contributed by atoms with Crippen LogP contribution >= 0.6 is 0 Å². The van der Waals surface area contributed by atoms with E-state index in [9.17, 15) is 28.8 Å². The van der Waals surface area contributed by atoms with E-state index in [-0.39, 0.29) is 57.4 Å². The molecule has 0 saturated heterocycles. The topological polar surface area (TPSA) is 152 Å². The van der Waals surface area contributed by atoms with Gasteiger partial charge >= 0.3 is 29.5 Å². The van der Waals surface area contributed by atoms with Crippen LogP contribution in [-0.4, -0.2) is 29.7 Å². The Hall–Kier alpha value is -4.80. The second kappa shape index (κ2) is 17.4. The molecule has 0 atom stereocenters. The zero-order chi connectivity index (χ0) is 36.5. The van der Waals surface area contributed by atoms with E-state index in [1.165, 1.54) is 12.5 Å². The SMILES string of the molecule is CCc1oc(=O)c(Cc2c(OC(C)=O)c(CC=C(C)CCC=C(C)C)c(OC(C)=O)c(C(=O)C(C)C)c2OC(C)=O)c(OC(C)=O)c1C. The van der Waals surface area contributed by atoms with Gasteiger partial charge in [-0.2, -0.15) is 0 Å². The first kappa shape index (κ1) is 39.4. The standard InChI is InChI=1S/C37H46O11/c1-12-30-22(7)33(44-23(8)38)29(37(43)48-30)18-28-34(45-24(9)39)27(17-16-21(6)15-13-14-19(2)3)35(46-25(10)40)31(32(42)20(4)5)36(28)47-26(11)41/h14,16,20H,12-13,15,17-18H2,1-11H3. The van der Waals surface area contributed by atoms with Gasteiger partial charge in [-0.05, 0) is 47.0 Å². The van der Waals surface area contributed by atoms with Crippen LogP contribution in [-0.2, 0) is 38.4 Å². The van der Waals surface area contributed by atoms with Gasteiger partial charge in [-0.3, -0.25) is 24.0 Å². The van der Waals surface area contributed by atoms with Crippen LogP contribution in [0.2, 0.25) is 0 Å². The molecule has 1 aromatic heterocycles. The van der Waals surface area contributed by atoms with Crippen LogP contribution in [0.4, 0.5) is 0 Å². The lowest BCUT2D eigenvalue weighted by atomic mass is 9.89. The summed E-state index contributed by atoms with van der Waals surface area (Å²) in [7, 11) is 0. The van der Waals surface area contributed by atoms with Crippen molar-refractivity contribution in [3.05, 3.63) is 67.3 Å². The van der Waals surface area contributed by atoms with E-state index in [1.807, 2.05) is 26.8 Å². The van der Waals surface area contributed by atoms with E-state index in [0.29, 0.717) is 18.4 Å². The molecule has 260 valence electrons. The largest absolute Gasteiger partial charge is 0.427 e. The molecular weight excluding hydrogens is 620 g/mol. The molecule has 1 aromatic carbocycles. The van der Waals surface area contributed by atoms with Crippen molar-refractivity contribution in [3.63, 3.8) is 0 Å². The second-order valence-corrected chi connectivity index (χ2v) is 12.1. The summed E-state index contributed by atoms with van der Waals surface area (Å²) < 4.78 is 28.1. The van der Waals surface area contributed by atoms with Crippen molar-refractivity contribution in [1.29, 1.82) is 0 Å². The van der Waals surface area contributed by atoms with Gasteiger partial charge in [0.1, 0.15) is 22.8 Å². The molecule has 1 heterocycles. The molecule has 0 amide bonds. The average Bonchev–Trinajstić information content (AvgIpc) is 2.96. The van der Waals surface area contributed by atoms with E-state index in [0.717, 1.165) is 32.8 Å². The van der Waals surface area contributed by atoms with Gasteiger partial charge in [0, 0.05) is 63.1 Å². The minimum atomic E-state index is -0.853. The van der Waals surface area contributed by atoms with Gasteiger partial charge in [-0.15, -0.1) is 0 Å². The van der Waals surface area contributed by atoms with Crippen LogP contribution in [0.3, 0.4) is 0 Å². The fourth-order valence-corrected chi connectivity index (χ4v) is 5.04. The van der Waals surface area contributed by atoms with E-state index in [1.54, 1.807) is 27.7 Å². The quantitative estimate of drug-likeness (QED) is 0.0898. The maximum atomic E-state index is 13.9. The molecule has 0 spiro atoms. The van der Waals surface area contributed by atoms with Gasteiger partial charge in [-0.25, -0.2) is 4.79 Å². The lowest BCUT2D eigenvalue weighted by Crippen LogP contribution is -2.22. The summed E-state index contributed by atoms with van der Waals surface area (Å²) in [6, 6.07) is 0. The van der Waals surface area contributed by atoms with Gasteiger partial charge < -0.3 is 23.4 Å². The molecule has 0 N–H and O–H groups in total. The van der Waals surface area contributed by atoms with Crippen molar-refractivity contribution in [2.75, 3.05) is 0 Å². The minimum absolute atomic E-state index is 0.0246. The van der Waals surface area contributed by atoms with Crippen LogP contribution in [0, 0.1) is 12.8 Å². The molecule has 2 aromatic rings. The summed E-state index contributed by atoms with van der Waals surface area (Å²) in [5.41, 5.74) is 1.34. The molecule has 0 unspecified atom stereocenters. The number of carbonyl (C=O) groups is 5. The van der Waals surface area contributed by atoms with Crippen molar-refractivity contribution in [2.45, 2.75) is 108 Å². The fourth-order valence-electron chi connectivity index (χ4n) is 5.04. The highest BCUT2D eigenvalue weighted by molar-refractivity contribution is 6.05. The third kappa shape index (κ3) is 10.4. The molecule has 2 rings (SSSR count). The van der Waals surface area contributed by atoms with E-state index >= 15 is 0 Å². The number of carbonyl (C=O) groups excluding carboxylic acids is 5.